The maximum atomic E-state index is 12.3. The van der Waals surface area contributed by atoms with E-state index in [4.69, 9.17) is 9.47 Å². The van der Waals surface area contributed by atoms with Gasteiger partial charge in [-0.25, -0.2) is 0 Å². The lowest BCUT2D eigenvalue weighted by atomic mass is 10.1. The van der Waals surface area contributed by atoms with E-state index >= 15 is 0 Å². The first-order chi connectivity index (χ1) is 9.97. The van der Waals surface area contributed by atoms with Crippen molar-refractivity contribution in [2.45, 2.75) is 39.2 Å². The smallest absolute Gasteiger partial charge is 0.387 e. The van der Waals surface area contributed by atoms with Gasteiger partial charge < -0.3 is 14.2 Å². The Morgan fingerprint density at radius 1 is 1.24 bits per heavy atom. The number of hydrogen-bond donors (Lipinski definition) is 0. The Hall–Kier alpha value is -1.40. The Kier molecular flexibility index (Phi) is 5.36. The van der Waals surface area contributed by atoms with Crippen LogP contribution >= 0.6 is 0 Å². The van der Waals surface area contributed by atoms with Gasteiger partial charge in [-0.1, -0.05) is 6.07 Å². The van der Waals surface area contributed by atoms with Crippen molar-refractivity contribution in [1.82, 2.24) is 4.90 Å². The van der Waals surface area contributed by atoms with Gasteiger partial charge in [0.05, 0.1) is 19.3 Å². The van der Waals surface area contributed by atoms with Crippen molar-refractivity contribution >= 4 is 0 Å². The molecule has 0 aromatic heterocycles. The van der Waals surface area contributed by atoms with Gasteiger partial charge in [0.25, 0.3) is 0 Å². The first-order valence-corrected chi connectivity index (χ1v) is 6.97. The Bertz CT molecular complexity index is 460. The van der Waals surface area contributed by atoms with Crippen molar-refractivity contribution in [3.05, 3.63) is 23.8 Å². The lowest BCUT2D eigenvalue weighted by Gasteiger charge is -2.35. The summed E-state index contributed by atoms with van der Waals surface area (Å²) in [7, 11) is 1.44. The number of morpholine rings is 1. The molecular weight excluding hydrogens is 280 g/mol. The number of ether oxygens (including phenoxy) is 3. The Labute approximate surface area is 123 Å². The van der Waals surface area contributed by atoms with Crippen LogP contribution in [0, 0.1) is 0 Å². The monoisotopic (exact) mass is 301 g/mol. The molecule has 0 amide bonds. The number of methoxy groups -OCH3 is 1. The highest BCUT2D eigenvalue weighted by Crippen LogP contribution is 2.30. The Morgan fingerprint density at radius 3 is 2.48 bits per heavy atom. The van der Waals surface area contributed by atoms with Crippen molar-refractivity contribution in [2.24, 2.45) is 0 Å². The summed E-state index contributed by atoms with van der Waals surface area (Å²) in [5.74, 6) is 0.377. The maximum Gasteiger partial charge on any atom is 0.387 e. The van der Waals surface area contributed by atoms with Gasteiger partial charge in [-0.15, -0.1) is 0 Å². The zero-order valence-corrected chi connectivity index (χ0v) is 12.5. The lowest BCUT2D eigenvalue weighted by molar-refractivity contribution is -0.0705. The molecule has 1 heterocycles. The molecule has 1 aromatic rings. The van der Waals surface area contributed by atoms with Crippen molar-refractivity contribution < 1.29 is 23.0 Å². The molecule has 2 rings (SSSR count). The summed E-state index contributed by atoms with van der Waals surface area (Å²) < 4.78 is 39.8. The van der Waals surface area contributed by atoms with Crippen molar-refractivity contribution in [3.8, 4) is 11.5 Å². The molecule has 0 saturated carbocycles. The van der Waals surface area contributed by atoms with E-state index in [1.165, 1.54) is 13.2 Å². The van der Waals surface area contributed by atoms with E-state index in [1.807, 2.05) is 13.8 Å². The normalized spacial score (nSPS) is 23.3. The highest BCUT2D eigenvalue weighted by Gasteiger charge is 2.22. The highest BCUT2D eigenvalue weighted by atomic mass is 19.3. The van der Waals surface area contributed by atoms with E-state index in [9.17, 15) is 8.78 Å². The van der Waals surface area contributed by atoms with Crippen molar-refractivity contribution in [1.29, 1.82) is 0 Å². The molecule has 2 atom stereocenters. The summed E-state index contributed by atoms with van der Waals surface area (Å²) in [4.78, 5) is 2.28. The average Bonchev–Trinajstić information content (AvgIpc) is 2.38. The van der Waals surface area contributed by atoms with Gasteiger partial charge in [-0.2, -0.15) is 8.78 Å². The molecule has 1 aliphatic heterocycles. The van der Waals surface area contributed by atoms with E-state index in [-0.39, 0.29) is 18.0 Å². The van der Waals surface area contributed by atoms with Gasteiger partial charge in [-0.3, -0.25) is 4.90 Å². The van der Waals surface area contributed by atoms with Gasteiger partial charge in [0.2, 0.25) is 0 Å². The van der Waals surface area contributed by atoms with Gasteiger partial charge in [0, 0.05) is 19.6 Å². The zero-order valence-electron chi connectivity index (χ0n) is 12.5. The second-order valence-electron chi connectivity index (χ2n) is 5.32. The molecule has 1 aromatic carbocycles. The third-order valence-corrected chi connectivity index (χ3v) is 3.35. The molecule has 1 aliphatic rings. The van der Waals surface area contributed by atoms with Crippen LogP contribution in [0.25, 0.3) is 0 Å². The molecule has 0 aliphatic carbocycles. The summed E-state index contributed by atoms with van der Waals surface area (Å²) in [6.07, 6.45) is 0.383. The maximum absolute atomic E-state index is 12.3. The summed E-state index contributed by atoms with van der Waals surface area (Å²) >= 11 is 0. The van der Waals surface area contributed by atoms with Crippen LogP contribution in [0.3, 0.4) is 0 Å². The SMILES string of the molecule is COc1cc(CN2C[C@@H](C)O[C@@H](C)C2)ccc1OC(F)F. The van der Waals surface area contributed by atoms with Crippen molar-refractivity contribution in [2.75, 3.05) is 20.2 Å². The van der Waals surface area contributed by atoms with Crippen LogP contribution in [-0.4, -0.2) is 43.9 Å². The molecule has 21 heavy (non-hydrogen) atoms. The molecule has 0 radical (unpaired) electrons. The number of hydrogen-bond acceptors (Lipinski definition) is 4. The predicted octanol–water partition coefficient (Wildman–Crippen LogP) is 2.91. The molecule has 0 spiro atoms. The standard InChI is InChI=1S/C15H21F2NO3/c1-10-7-18(8-11(2)20-10)9-12-4-5-13(21-15(16)17)14(6-12)19-3/h4-6,10-11,15H,7-9H2,1-3H3/t10-,11+. The summed E-state index contributed by atoms with van der Waals surface area (Å²) in [5.41, 5.74) is 0.995. The van der Waals surface area contributed by atoms with E-state index < -0.39 is 6.61 Å². The average molecular weight is 301 g/mol. The summed E-state index contributed by atoms with van der Waals surface area (Å²) in [6.45, 7) is 3.66. The number of rotatable bonds is 5. The topological polar surface area (TPSA) is 30.9 Å². The third kappa shape index (κ3) is 4.54. The molecule has 6 heteroatoms. The largest absolute Gasteiger partial charge is 0.493 e. The number of nitrogens with zero attached hydrogens (tertiary/aromatic N) is 1. The van der Waals surface area contributed by atoms with Crippen molar-refractivity contribution in [3.63, 3.8) is 0 Å². The fourth-order valence-electron chi connectivity index (χ4n) is 2.68. The Balaban J connectivity index is 2.06. The molecule has 0 unspecified atom stereocenters. The molecule has 1 saturated heterocycles. The minimum absolute atomic E-state index is 0.0555. The van der Waals surface area contributed by atoms with E-state index in [2.05, 4.69) is 9.64 Å². The second kappa shape index (κ2) is 7.04. The predicted molar refractivity (Wildman–Crippen MR) is 74.9 cm³/mol. The van der Waals surface area contributed by atoms with Crippen LogP contribution in [-0.2, 0) is 11.3 Å². The molecule has 0 N–H and O–H groups in total. The van der Waals surface area contributed by atoms with Gasteiger partial charge in [0.1, 0.15) is 0 Å². The van der Waals surface area contributed by atoms with Gasteiger partial charge in [0.15, 0.2) is 11.5 Å². The first-order valence-electron chi connectivity index (χ1n) is 6.97. The quantitative estimate of drug-likeness (QED) is 0.837. The van der Waals surface area contributed by atoms with Crippen LogP contribution in [0.1, 0.15) is 19.4 Å². The van der Waals surface area contributed by atoms with Gasteiger partial charge in [-0.05, 0) is 31.5 Å². The fraction of sp³-hybridized carbons (Fsp3) is 0.600. The molecule has 118 valence electrons. The second-order valence-corrected chi connectivity index (χ2v) is 5.32. The van der Waals surface area contributed by atoms with Crippen LogP contribution in [0.4, 0.5) is 8.78 Å². The highest BCUT2D eigenvalue weighted by molar-refractivity contribution is 5.43. The van der Waals surface area contributed by atoms with Crippen LogP contribution in [0.2, 0.25) is 0 Å². The fourth-order valence-corrected chi connectivity index (χ4v) is 2.68. The van der Waals surface area contributed by atoms with Crippen LogP contribution in [0.5, 0.6) is 11.5 Å². The minimum atomic E-state index is -2.86. The number of benzene rings is 1. The Morgan fingerprint density at radius 2 is 1.90 bits per heavy atom. The molecular formula is C15H21F2NO3. The lowest BCUT2D eigenvalue weighted by Crippen LogP contribution is -2.44. The molecule has 0 bridgehead atoms. The first kappa shape index (κ1) is 16.0. The van der Waals surface area contributed by atoms with Crippen LogP contribution in [0.15, 0.2) is 18.2 Å². The third-order valence-electron chi connectivity index (χ3n) is 3.35. The summed E-state index contributed by atoms with van der Waals surface area (Å²) in [6, 6.07) is 5.04. The number of halogens is 2. The molecule has 4 nitrogen and oxygen atoms in total. The van der Waals surface area contributed by atoms with Crippen LogP contribution < -0.4 is 9.47 Å². The zero-order chi connectivity index (χ0) is 15.4. The van der Waals surface area contributed by atoms with E-state index in [0.717, 1.165) is 25.2 Å². The molecule has 1 fully saturated rings. The number of alkyl halides is 2. The van der Waals surface area contributed by atoms with E-state index in [1.54, 1.807) is 12.1 Å². The van der Waals surface area contributed by atoms with Gasteiger partial charge >= 0.3 is 6.61 Å². The summed E-state index contributed by atoms with van der Waals surface area (Å²) in [5, 5.41) is 0. The minimum Gasteiger partial charge on any atom is -0.493 e. The van der Waals surface area contributed by atoms with E-state index in [0.29, 0.717) is 5.75 Å².